The van der Waals surface area contributed by atoms with Crippen molar-refractivity contribution >= 4 is 16.7 Å². The molecular weight excluding hydrogens is 282 g/mol. The lowest BCUT2D eigenvalue weighted by Crippen LogP contribution is -2.07. The minimum absolute atomic E-state index is 0.0795. The summed E-state index contributed by atoms with van der Waals surface area (Å²) in [6.07, 6.45) is 6.07. The van der Waals surface area contributed by atoms with E-state index in [-0.39, 0.29) is 16.7 Å². The molecule has 2 heteroatoms. The van der Waals surface area contributed by atoms with Gasteiger partial charge < -0.3 is 4.57 Å². The number of nitrogens with zero attached hydrogens (tertiary/aromatic N) is 1. The molecule has 0 aliphatic heterocycles. The molecule has 1 heterocycles. The Hall–Kier alpha value is -1.83. The molecule has 0 atom stereocenters. The summed E-state index contributed by atoms with van der Waals surface area (Å²) in [6.45, 7) is 13.5. The zero-order valence-corrected chi connectivity index (χ0v) is 14.7. The molecule has 1 aliphatic carbocycles. The predicted octanol–water partition coefficient (Wildman–Crippen LogP) is 5.47. The molecule has 122 valence electrons. The van der Waals surface area contributed by atoms with Crippen LogP contribution in [-0.2, 0) is 6.54 Å². The average molecular weight is 309 g/mol. The first-order chi connectivity index (χ1) is 10.8. The third kappa shape index (κ3) is 2.36. The van der Waals surface area contributed by atoms with Gasteiger partial charge in [-0.25, -0.2) is 0 Å². The zero-order chi connectivity index (χ0) is 16.8. The van der Waals surface area contributed by atoms with E-state index >= 15 is 0 Å². The van der Waals surface area contributed by atoms with Gasteiger partial charge in [-0.1, -0.05) is 52.0 Å². The Morgan fingerprint density at radius 2 is 1.87 bits per heavy atom. The first-order valence-corrected chi connectivity index (χ1v) is 8.55. The zero-order valence-electron chi connectivity index (χ0n) is 14.7. The van der Waals surface area contributed by atoms with Crippen LogP contribution < -0.4 is 0 Å². The van der Waals surface area contributed by atoms with E-state index in [4.69, 9.17) is 0 Å². The predicted molar refractivity (Wildman–Crippen MR) is 96.8 cm³/mol. The smallest absolute Gasteiger partial charge is 0.169 e. The number of unbranched alkanes of at least 4 members (excludes halogenated alkanes) is 1. The number of fused-ring (bicyclic) bond motifs is 1. The number of carbonyl (C=O) groups is 1. The molecule has 0 N–H and O–H groups in total. The molecule has 1 saturated carbocycles. The highest BCUT2D eigenvalue weighted by Crippen LogP contribution is 2.69. The summed E-state index contributed by atoms with van der Waals surface area (Å²) in [5.41, 5.74) is 2.21. The monoisotopic (exact) mass is 309 g/mol. The Kier molecular flexibility index (Phi) is 3.74. The summed E-state index contributed by atoms with van der Waals surface area (Å²) in [4.78, 5) is 13.2. The molecule has 1 aromatic carbocycles. The number of hydrogen-bond donors (Lipinski definition) is 0. The van der Waals surface area contributed by atoms with Crippen LogP contribution in [0, 0.1) is 16.7 Å². The van der Waals surface area contributed by atoms with E-state index in [1.165, 1.54) is 0 Å². The van der Waals surface area contributed by atoms with Gasteiger partial charge in [-0.2, -0.15) is 0 Å². The maximum Gasteiger partial charge on any atom is 0.169 e. The van der Waals surface area contributed by atoms with Gasteiger partial charge in [-0.15, -0.1) is 6.58 Å². The van der Waals surface area contributed by atoms with Gasteiger partial charge in [0, 0.05) is 35.1 Å². The molecule has 3 rings (SSSR count). The van der Waals surface area contributed by atoms with E-state index in [0.717, 1.165) is 35.9 Å². The van der Waals surface area contributed by atoms with Gasteiger partial charge in [0.05, 0.1) is 0 Å². The molecule has 2 nitrogen and oxygen atoms in total. The average Bonchev–Trinajstić information content (AvgIpc) is 2.80. The van der Waals surface area contributed by atoms with Gasteiger partial charge in [0.15, 0.2) is 5.78 Å². The lowest BCUT2D eigenvalue weighted by Gasteiger charge is -2.03. The van der Waals surface area contributed by atoms with Crippen LogP contribution in [0.1, 0.15) is 50.9 Å². The van der Waals surface area contributed by atoms with Crippen molar-refractivity contribution in [1.82, 2.24) is 4.57 Å². The highest BCUT2D eigenvalue weighted by atomic mass is 16.1. The first-order valence-electron chi connectivity index (χ1n) is 8.55. The number of rotatable bonds is 6. The van der Waals surface area contributed by atoms with Crippen molar-refractivity contribution in [2.45, 2.75) is 47.1 Å². The van der Waals surface area contributed by atoms with Crippen LogP contribution in [-0.4, -0.2) is 10.4 Å². The van der Waals surface area contributed by atoms with Crippen molar-refractivity contribution in [3.63, 3.8) is 0 Å². The number of allylic oxidation sites excluding steroid dienone is 1. The van der Waals surface area contributed by atoms with E-state index < -0.39 is 0 Å². The molecule has 0 spiro atoms. The summed E-state index contributed by atoms with van der Waals surface area (Å²) in [7, 11) is 0. The summed E-state index contributed by atoms with van der Waals surface area (Å²) in [5.74, 6) is 0.418. The fourth-order valence-corrected chi connectivity index (χ4v) is 4.04. The second kappa shape index (κ2) is 5.36. The fourth-order valence-electron chi connectivity index (χ4n) is 4.04. The molecule has 23 heavy (non-hydrogen) atoms. The van der Waals surface area contributed by atoms with Crippen LogP contribution in [0.3, 0.4) is 0 Å². The number of aromatic nitrogens is 1. The van der Waals surface area contributed by atoms with Gasteiger partial charge in [-0.3, -0.25) is 4.79 Å². The number of hydrogen-bond acceptors (Lipinski definition) is 1. The quantitative estimate of drug-likeness (QED) is 0.394. The van der Waals surface area contributed by atoms with Crippen molar-refractivity contribution in [2.24, 2.45) is 16.7 Å². The molecule has 0 bridgehead atoms. The van der Waals surface area contributed by atoms with Gasteiger partial charge >= 0.3 is 0 Å². The fraction of sp³-hybridized carbons (Fsp3) is 0.476. The molecule has 0 unspecified atom stereocenters. The summed E-state index contributed by atoms with van der Waals surface area (Å²) < 4.78 is 2.23. The third-order valence-corrected chi connectivity index (χ3v) is 6.14. The standard InChI is InChI=1S/C21H27NO/c1-6-7-10-13-22-14-16(15-11-8-9-12-17(15)22)18(23)19-20(2,3)21(19,4)5/h6,8-9,11-12,14,19H,1,7,10,13H2,2-5H3. The number of carbonyl (C=O) groups excluding carboxylic acids is 1. The normalized spacial score (nSPS) is 19.0. The number of para-hydroxylation sites is 1. The van der Waals surface area contributed by atoms with E-state index in [1.807, 2.05) is 18.2 Å². The van der Waals surface area contributed by atoms with E-state index in [9.17, 15) is 4.79 Å². The largest absolute Gasteiger partial charge is 0.347 e. The number of aryl methyl sites for hydroxylation is 1. The van der Waals surface area contributed by atoms with Crippen LogP contribution in [0.25, 0.3) is 10.9 Å². The molecular formula is C21H27NO. The highest BCUT2D eigenvalue weighted by molar-refractivity contribution is 6.11. The summed E-state index contributed by atoms with van der Waals surface area (Å²) in [5, 5.41) is 1.09. The minimum Gasteiger partial charge on any atom is -0.347 e. The Morgan fingerprint density at radius 1 is 1.22 bits per heavy atom. The highest BCUT2D eigenvalue weighted by Gasteiger charge is 2.68. The molecule has 1 fully saturated rings. The van der Waals surface area contributed by atoms with Crippen molar-refractivity contribution < 1.29 is 4.79 Å². The van der Waals surface area contributed by atoms with E-state index in [2.05, 4.69) is 57.2 Å². The van der Waals surface area contributed by atoms with Crippen molar-refractivity contribution in [3.05, 3.63) is 48.7 Å². The number of ketones is 1. The Bertz CT molecular complexity index is 749. The van der Waals surface area contributed by atoms with Gasteiger partial charge in [0.2, 0.25) is 0 Å². The minimum atomic E-state index is 0.0795. The maximum atomic E-state index is 13.2. The molecule has 0 radical (unpaired) electrons. The van der Waals surface area contributed by atoms with Gasteiger partial charge in [0.1, 0.15) is 0 Å². The summed E-state index contributed by atoms with van der Waals surface area (Å²) in [6, 6.07) is 8.26. The SMILES string of the molecule is C=CCCCn1cc(C(=O)C2C(C)(C)C2(C)C)c2ccccc21. The van der Waals surface area contributed by atoms with E-state index in [1.54, 1.807) is 0 Å². The van der Waals surface area contributed by atoms with Crippen molar-refractivity contribution in [3.8, 4) is 0 Å². The Labute approximate surface area is 139 Å². The van der Waals surface area contributed by atoms with Crippen LogP contribution in [0.4, 0.5) is 0 Å². The van der Waals surface area contributed by atoms with Crippen molar-refractivity contribution in [1.29, 1.82) is 0 Å². The van der Waals surface area contributed by atoms with Gasteiger partial charge in [-0.05, 0) is 29.7 Å². The van der Waals surface area contributed by atoms with E-state index in [0.29, 0.717) is 5.78 Å². The molecule has 0 amide bonds. The first kappa shape index (κ1) is 16.0. The van der Waals surface area contributed by atoms with Crippen molar-refractivity contribution in [2.75, 3.05) is 0 Å². The lowest BCUT2D eigenvalue weighted by molar-refractivity contribution is 0.0946. The summed E-state index contributed by atoms with van der Waals surface area (Å²) >= 11 is 0. The third-order valence-electron chi connectivity index (χ3n) is 6.14. The Balaban J connectivity index is 1.98. The Morgan fingerprint density at radius 3 is 2.48 bits per heavy atom. The number of benzene rings is 1. The maximum absolute atomic E-state index is 13.2. The topological polar surface area (TPSA) is 22.0 Å². The molecule has 1 aromatic heterocycles. The van der Waals surface area contributed by atoms with Gasteiger partial charge in [0.25, 0.3) is 0 Å². The van der Waals surface area contributed by atoms with Crippen LogP contribution in [0.5, 0.6) is 0 Å². The number of Topliss-reactive ketones (excluding diaryl/α,β-unsaturated/α-hetero) is 1. The van der Waals surface area contributed by atoms with Crippen LogP contribution in [0.2, 0.25) is 0 Å². The molecule has 2 aromatic rings. The second-order valence-electron chi connectivity index (χ2n) is 7.92. The second-order valence-corrected chi connectivity index (χ2v) is 7.92. The van der Waals surface area contributed by atoms with Crippen LogP contribution in [0.15, 0.2) is 43.1 Å². The van der Waals surface area contributed by atoms with Crippen LogP contribution >= 0.6 is 0 Å². The molecule has 1 aliphatic rings. The lowest BCUT2D eigenvalue weighted by atomic mass is 10.0. The molecule has 0 saturated heterocycles.